The highest BCUT2D eigenvalue weighted by Gasteiger charge is 2.08. The van der Waals surface area contributed by atoms with E-state index < -0.39 is 0 Å². The molecule has 4 nitrogen and oxygen atoms in total. The third-order valence-corrected chi connectivity index (χ3v) is 1.84. The summed E-state index contributed by atoms with van der Waals surface area (Å²) in [5.41, 5.74) is 0. The first kappa shape index (κ1) is 14.4. The van der Waals surface area contributed by atoms with Gasteiger partial charge in [-0.25, -0.2) is 0 Å². The van der Waals surface area contributed by atoms with Gasteiger partial charge in [0.05, 0.1) is 19.6 Å². The van der Waals surface area contributed by atoms with Crippen molar-refractivity contribution in [1.82, 2.24) is 0 Å². The molecular weight excluding hydrogens is 196 g/mol. The van der Waals surface area contributed by atoms with Crippen LogP contribution in [0.2, 0.25) is 0 Å². The molecule has 0 aliphatic carbocycles. The van der Waals surface area contributed by atoms with E-state index in [2.05, 4.69) is 6.92 Å². The predicted octanol–water partition coefficient (Wildman–Crippen LogP) is 1.77. The molecule has 1 atom stereocenters. The molecule has 4 heteroatoms. The number of hydrogen-bond donors (Lipinski definition) is 0. The van der Waals surface area contributed by atoms with Crippen molar-refractivity contribution < 1.29 is 19.0 Å². The van der Waals surface area contributed by atoms with E-state index in [-0.39, 0.29) is 12.1 Å². The second kappa shape index (κ2) is 9.93. The van der Waals surface area contributed by atoms with Crippen LogP contribution >= 0.6 is 0 Å². The number of esters is 1. The molecule has 0 aromatic rings. The fourth-order valence-corrected chi connectivity index (χ4v) is 0.998. The van der Waals surface area contributed by atoms with Gasteiger partial charge in [0.2, 0.25) is 0 Å². The Balaban J connectivity index is 3.38. The van der Waals surface area contributed by atoms with Crippen molar-refractivity contribution >= 4 is 5.97 Å². The van der Waals surface area contributed by atoms with E-state index in [1.807, 2.05) is 6.92 Å². The van der Waals surface area contributed by atoms with Gasteiger partial charge in [-0.3, -0.25) is 4.79 Å². The van der Waals surface area contributed by atoms with Gasteiger partial charge in [0.25, 0.3) is 0 Å². The van der Waals surface area contributed by atoms with E-state index in [9.17, 15) is 4.79 Å². The van der Waals surface area contributed by atoms with Gasteiger partial charge in [-0.1, -0.05) is 13.3 Å². The van der Waals surface area contributed by atoms with Gasteiger partial charge in [-0.15, -0.1) is 0 Å². The SMILES string of the molecule is CCCCOCC(C)OC(=O)CCOC. The van der Waals surface area contributed by atoms with Crippen LogP contribution in [0.1, 0.15) is 33.1 Å². The normalized spacial score (nSPS) is 12.5. The highest BCUT2D eigenvalue weighted by molar-refractivity contribution is 5.69. The predicted molar refractivity (Wildman–Crippen MR) is 57.8 cm³/mol. The third kappa shape index (κ3) is 9.69. The zero-order valence-corrected chi connectivity index (χ0v) is 9.95. The van der Waals surface area contributed by atoms with Crippen LogP contribution in [0.4, 0.5) is 0 Å². The second-order valence-corrected chi connectivity index (χ2v) is 3.47. The summed E-state index contributed by atoms with van der Waals surface area (Å²) in [6.07, 6.45) is 2.29. The van der Waals surface area contributed by atoms with Crippen molar-refractivity contribution in [2.24, 2.45) is 0 Å². The Labute approximate surface area is 91.9 Å². The molecule has 90 valence electrons. The Hall–Kier alpha value is -0.610. The van der Waals surface area contributed by atoms with Crippen LogP contribution < -0.4 is 0 Å². The van der Waals surface area contributed by atoms with E-state index in [4.69, 9.17) is 14.2 Å². The van der Waals surface area contributed by atoms with Crippen LogP contribution in [0.15, 0.2) is 0 Å². The summed E-state index contributed by atoms with van der Waals surface area (Å²) in [6.45, 7) is 5.55. The Morgan fingerprint density at radius 2 is 2.07 bits per heavy atom. The lowest BCUT2D eigenvalue weighted by Crippen LogP contribution is -2.21. The zero-order valence-electron chi connectivity index (χ0n) is 9.95. The van der Waals surface area contributed by atoms with Gasteiger partial charge in [-0.2, -0.15) is 0 Å². The summed E-state index contributed by atoms with van der Waals surface area (Å²) in [6, 6.07) is 0. The summed E-state index contributed by atoms with van der Waals surface area (Å²) in [5, 5.41) is 0. The van der Waals surface area contributed by atoms with Crippen molar-refractivity contribution in [1.29, 1.82) is 0 Å². The molecule has 0 aromatic carbocycles. The summed E-state index contributed by atoms with van der Waals surface area (Å²) in [5.74, 6) is -0.233. The van der Waals surface area contributed by atoms with Gasteiger partial charge in [0.15, 0.2) is 0 Å². The maximum Gasteiger partial charge on any atom is 0.308 e. The monoisotopic (exact) mass is 218 g/mol. The Morgan fingerprint density at radius 1 is 1.33 bits per heavy atom. The lowest BCUT2D eigenvalue weighted by Gasteiger charge is -2.13. The molecule has 15 heavy (non-hydrogen) atoms. The molecule has 0 bridgehead atoms. The topological polar surface area (TPSA) is 44.8 Å². The maximum atomic E-state index is 11.1. The second-order valence-electron chi connectivity index (χ2n) is 3.47. The van der Waals surface area contributed by atoms with Crippen molar-refractivity contribution in [2.45, 2.75) is 39.2 Å². The summed E-state index contributed by atoms with van der Waals surface area (Å²) >= 11 is 0. The van der Waals surface area contributed by atoms with Gasteiger partial charge in [0.1, 0.15) is 6.10 Å². The standard InChI is InChI=1S/C11H22O4/c1-4-5-7-14-9-10(2)15-11(12)6-8-13-3/h10H,4-9H2,1-3H3. The molecule has 0 saturated carbocycles. The molecule has 0 aliphatic rings. The lowest BCUT2D eigenvalue weighted by atomic mass is 10.3. The highest BCUT2D eigenvalue weighted by atomic mass is 16.6. The van der Waals surface area contributed by atoms with Crippen molar-refractivity contribution in [3.05, 3.63) is 0 Å². The molecule has 0 saturated heterocycles. The smallest absolute Gasteiger partial charge is 0.308 e. The fourth-order valence-electron chi connectivity index (χ4n) is 0.998. The van der Waals surface area contributed by atoms with E-state index in [0.717, 1.165) is 19.4 Å². The van der Waals surface area contributed by atoms with Crippen LogP contribution in [0.25, 0.3) is 0 Å². The quantitative estimate of drug-likeness (QED) is 0.437. The maximum absolute atomic E-state index is 11.1. The number of carbonyl (C=O) groups excluding carboxylic acids is 1. The minimum absolute atomic E-state index is 0.175. The van der Waals surface area contributed by atoms with Gasteiger partial charge in [-0.05, 0) is 13.3 Å². The van der Waals surface area contributed by atoms with E-state index in [1.54, 1.807) is 7.11 Å². The lowest BCUT2D eigenvalue weighted by molar-refractivity contribution is -0.152. The van der Waals surface area contributed by atoms with Gasteiger partial charge < -0.3 is 14.2 Å². The third-order valence-electron chi connectivity index (χ3n) is 1.84. The average molecular weight is 218 g/mol. The van der Waals surface area contributed by atoms with Crippen LogP contribution in [-0.4, -0.2) is 39.0 Å². The Kier molecular flexibility index (Phi) is 9.52. The van der Waals surface area contributed by atoms with Crippen LogP contribution in [-0.2, 0) is 19.0 Å². The molecule has 0 radical (unpaired) electrons. The first-order chi connectivity index (χ1) is 7.20. The average Bonchev–Trinajstić information content (AvgIpc) is 2.21. The Morgan fingerprint density at radius 3 is 2.67 bits per heavy atom. The molecule has 0 fully saturated rings. The minimum atomic E-state index is -0.233. The summed E-state index contributed by atoms with van der Waals surface area (Å²) in [4.78, 5) is 11.1. The van der Waals surface area contributed by atoms with E-state index in [0.29, 0.717) is 19.6 Å². The van der Waals surface area contributed by atoms with Crippen LogP contribution in [0.5, 0.6) is 0 Å². The number of hydrogen-bond acceptors (Lipinski definition) is 4. The van der Waals surface area contributed by atoms with Gasteiger partial charge in [0, 0.05) is 13.7 Å². The Bertz CT molecular complexity index is 159. The molecule has 0 amide bonds. The molecule has 1 unspecified atom stereocenters. The first-order valence-corrected chi connectivity index (χ1v) is 5.46. The molecule has 0 aromatic heterocycles. The molecule has 0 rings (SSSR count). The molecule has 0 spiro atoms. The largest absolute Gasteiger partial charge is 0.460 e. The zero-order chi connectivity index (χ0) is 11.5. The number of carbonyl (C=O) groups is 1. The van der Waals surface area contributed by atoms with Crippen molar-refractivity contribution in [3.63, 3.8) is 0 Å². The van der Waals surface area contributed by atoms with Gasteiger partial charge >= 0.3 is 5.97 Å². The number of unbranched alkanes of at least 4 members (excludes halogenated alkanes) is 1. The number of ether oxygens (including phenoxy) is 3. The van der Waals surface area contributed by atoms with E-state index >= 15 is 0 Å². The highest BCUT2D eigenvalue weighted by Crippen LogP contribution is 1.97. The van der Waals surface area contributed by atoms with E-state index in [1.165, 1.54) is 0 Å². The molecule has 0 aliphatic heterocycles. The molecular formula is C11H22O4. The number of methoxy groups -OCH3 is 1. The van der Waals surface area contributed by atoms with Crippen molar-refractivity contribution in [3.8, 4) is 0 Å². The van der Waals surface area contributed by atoms with Crippen molar-refractivity contribution in [2.75, 3.05) is 26.9 Å². The molecule has 0 N–H and O–H groups in total. The minimum Gasteiger partial charge on any atom is -0.460 e. The fraction of sp³-hybridized carbons (Fsp3) is 0.909. The number of rotatable bonds is 9. The van der Waals surface area contributed by atoms with Crippen LogP contribution in [0.3, 0.4) is 0 Å². The van der Waals surface area contributed by atoms with Crippen LogP contribution in [0, 0.1) is 0 Å². The summed E-state index contributed by atoms with van der Waals surface area (Å²) in [7, 11) is 1.56. The summed E-state index contributed by atoms with van der Waals surface area (Å²) < 4.78 is 15.2. The molecule has 0 heterocycles. The first-order valence-electron chi connectivity index (χ1n) is 5.46.